The molecule has 49 heavy (non-hydrogen) atoms. The molecule has 0 saturated carbocycles. The van der Waals surface area contributed by atoms with Crippen molar-refractivity contribution in [3.63, 3.8) is 0 Å². The zero-order valence-corrected chi connectivity index (χ0v) is 27.5. The third-order valence-electron chi connectivity index (χ3n) is 8.41. The van der Waals surface area contributed by atoms with Gasteiger partial charge in [-0.05, 0) is 22.3 Å². The number of rotatable bonds is 16. The van der Waals surface area contributed by atoms with Gasteiger partial charge in [-0.15, -0.1) is 0 Å². The van der Waals surface area contributed by atoms with Crippen molar-refractivity contribution in [2.75, 3.05) is 6.61 Å². The summed E-state index contributed by atoms with van der Waals surface area (Å²) in [6.45, 7) is 1.79. The number of hydrogen-bond donors (Lipinski definition) is 0. The van der Waals surface area contributed by atoms with Crippen LogP contribution in [0, 0.1) is 5.21 Å². The maximum absolute atomic E-state index is 13.5. The molecule has 0 radical (unpaired) electrons. The summed E-state index contributed by atoms with van der Waals surface area (Å²) in [5.74, 6) is 0. The second kappa shape index (κ2) is 18.2. The second-order valence-corrected chi connectivity index (χ2v) is 12.1. The van der Waals surface area contributed by atoms with Crippen LogP contribution >= 0.6 is 0 Å². The van der Waals surface area contributed by atoms with Crippen LogP contribution in [0.15, 0.2) is 152 Å². The molecule has 1 heterocycles. The molecule has 5 aromatic carbocycles. The SMILES string of the molecule is [O-][N+](=CC1OC(COCc2ccccc2)C(OCc2ccccc2)C(OCc2ccccc2)C1OCc1ccccc1)Cc1ccccc1. The topological polar surface area (TPSA) is 72.2 Å². The molecule has 252 valence electrons. The molecular weight excluding hydrogens is 614 g/mol. The first kappa shape index (κ1) is 34.2. The van der Waals surface area contributed by atoms with Crippen LogP contribution in [0.25, 0.3) is 0 Å². The molecule has 0 bridgehead atoms. The lowest BCUT2D eigenvalue weighted by Crippen LogP contribution is -2.62. The molecule has 7 heteroatoms. The van der Waals surface area contributed by atoms with E-state index in [1.165, 1.54) is 0 Å². The van der Waals surface area contributed by atoms with Gasteiger partial charge in [0.1, 0.15) is 24.4 Å². The van der Waals surface area contributed by atoms with Crippen LogP contribution in [0.5, 0.6) is 0 Å². The molecular formula is C42H43NO6. The summed E-state index contributed by atoms with van der Waals surface area (Å²) in [6, 6.07) is 49.7. The molecule has 1 aliphatic rings. The molecule has 0 N–H and O–H groups in total. The largest absolute Gasteiger partial charge is 0.624 e. The summed E-state index contributed by atoms with van der Waals surface area (Å²) < 4.78 is 34.1. The average molecular weight is 658 g/mol. The predicted octanol–water partition coefficient (Wildman–Crippen LogP) is 7.51. The Balaban J connectivity index is 1.32. The van der Waals surface area contributed by atoms with Crippen molar-refractivity contribution >= 4 is 6.21 Å². The van der Waals surface area contributed by atoms with E-state index in [1.807, 2.05) is 152 Å². The molecule has 5 aromatic rings. The van der Waals surface area contributed by atoms with Crippen molar-refractivity contribution < 1.29 is 28.4 Å². The number of hydrogen-bond acceptors (Lipinski definition) is 6. The summed E-state index contributed by atoms with van der Waals surface area (Å²) >= 11 is 0. The van der Waals surface area contributed by atoms with Gasteiger partial charge >= 0.3 is 0 Å². The lowest BCUT2D eigenvalue weighted by Gasteiger charge is -2.44. The molecule has 0 spiro atoms. The smallest absolute Gasteiger partial charge is 0.183 e. The van der Waals surface area contributed by atoms with Gasteiger partial charge in [0.2, 0.25) is 0 Å². The van der Waals surface area contributed by atoms with Crippen molar-refractivity contribution in [1.82, 2.24) is 0 Å². The predicted molar refractivity (Wildman–Crippen MR) is 190 cm³/mol. The highest BCUT2D eigenvalue weighted by Gasteiger charge is 2.49. The van der Waals surface area contributed by atoms with Crippen molar-refractivity contribution in [2.45, 2.75) is 63.5 Å². The van der Waals surface area contributed by atoms with E-state index in [9.17, 15) is 5.21 Å². The average Bonchev–Trinajstić information content (AvgIpc) is 3.15. The minimum absolute atomic E-state index is 0.171. The fraction of sp³-hybridized carbons (Fsp3) is 0.262. The van der Waals surface area contributed by atoms with Crippen LogP contribution in [0.2, 0.25) is 0 Å². The Labute approximate surface area is 288 Å². The zero-order chi connectivity index (χ0) is 33.5. The number of hydroxylamine groups is 1. The first-order valence-corrected chi connectivity index (χ1v) is 16.8. The van der Waals surface area contributed by atoms with E-state index < -0.39 is 30.5 Å². The first-order valence-electron chi connectivity index (χ1n) is 16.8. The van der Waals surface area contributed by atoms with Gasteiger partial charge in [0.25, 0.3) is 0 Å². The van der Waals surface area contributed by atoms with Gasteiger partial charge in [-0.25, -0.2) is 4.74 Å². The molecule has 0 amide bonds. The van der Waals surface area contributed by atoms with Crippen LogP contribution in [0.3, 0.4) is 0 Å². The maximum atomic E-state index is 13.5. The minimum atomic E-state index is -0.743. The highest BCUT2D eigenvalue weighted by molar-refractivity contribution is 5.59. The zero-order valence-electron chi connectivity index (χ0n) is 27.5. The molecule has 1 saturated heterocycles. The molecule has 1 aliphatic heterocycles. The fourth-order valence-corrected chi connectivity index (χ4v) is 5.92. The summed E-state index contributed by atoms with van der Waals surface area (Å²) in [5.41, 5.74) is 5.00. The van der Waals surface area contributed by atoms with Gasteiger partial charge in [0, 0.05) is 5.56 Å². The highest BCUT2D eigenvalue weighted by atomic mass is 16.6. The Morgan fingerprint density at radius 2 is 0.878 bits per heavy atom. The van der Waals surface area contributed by atoms with Crippen molar-refractivity contribution in [2.24, 2.45) is 0 Å². The second-order valence-electron chi connectivity index (χ2n) is 12.1. The summed E-state index contributed by atoms with van der Waals surface area (Å²) in [5, 5.41) is 13.5. The van der Waals surface area contributed by atoms with Gasteiger partial charge in [-0.1, -0.05) is 152 Å². The molecule has 5 atom stereocenters. The van der Waals surface area contributed by atoms with E-state index in [0.717, 1.165) is 32.6 Å². The number of ether oxygens (including phenoxy) is 5. The maximum Gasteiger partial charge on any atom is 0.183 e. The first-order chi connectivity index (χ1) is 24.2. The van der Waals surface area contributed by atoms with Gasteiger partial charge in [-0.2, -0.15) is 0 Å². The Morgan fingerprint density at radius 3 is 1.35 bits per heavy atom. The van der Waals surface area contributed by atoms with Crippen molar-refractivity contribution in [3.8, 4) is 0 Å². The Hall–Kier alpha value is -4.63. The van der Waals surface area contributed by atoms with Gasteiger partial charge < -0.3 is 28.9 Å². The molecule has 1 fully saturated rings. The minimum Gasteiger partial charge on any atom is -0.624 e. The van der Waals surface area contributed by atoms with Crippen molar-refractivity contribution in [3.05, 3.63) is 185 Å². The van der Waals surface area contributed by atoms with Crippen LogP contribution < -0.4 is 0 Å². The molecule has 0 aromatic heterocycles. The third-order valence-corrected chi connectivity index (χ3v) is 8.41. The van der Waals surface area contributed by atoms with Crippen LogP contribution in [-0.2, 0) is 56.7 Å². The summed E-state index contributed by atoms with van der Waals surface area (Å²) in [6.07, 6.45) is -1.57. The monoisotopic (exact) mass is 657 g/mol. The third kappa shape index (κ3) is 10.4. The Bertz CT molecular complexity index is 1670. The normalized spacial score (nSPS) is 21.0. The van der Waals surface area contributed by atoms with Crippen LogP contribution in [0.4, 0.5) is 0 Å². The van der Waals surface area contributed by atoms with E-state index in [0.29, 0.717) is 26.4 Å². The summed E-state index contributed by atoms with van der Waals surface area (Å²) in [7, 11) is 0. The standard InChI is InChI=1S/C42H43NO6/c44-43(26-33-16-6-1-7-17-33)27-38-40(46-29-35-20-10-3-11-21-35)42(48-31-37-24-14-5-15-25-37)41(47-30-36-22-12-4-13-23-36)39(49-38)32-45-28-34-18-8-2-9-19-34/h1-25,27,38-42H,26,28-32H2. The Kier molecular flexibility index (Phi) is 12.7. The molecule has 5 unspecified atom stereocenters. The van der Waals surface area contributed by atoms with E-state index >= 15 is 0 Å². The van der Waals surface area contributed by atoms with Gasteiger partial charge in [0.05, 0.1) is 33.0 Å². The number of benzene rings is 5. The van der Waals surface area contributed by atoms with E-state index in [2.05, 4.69) is 0 Å². The van der Waals surface area contributed by atoms with E-state index in [-0.39, 0.29) is 13.2 Å². The van der Waals surface area contributed by atoms with Gasteiger partial charge in [0.15, 0.2) is 18.9 Å². The molecule has 6 rings (SSSR count). The fourth-order valence-electron chi connectivity index (χ4n) is 5.92. The van der Waals surface area contributed by atoms with Crippen LogP contribution in [-0.4, -0.2) is 48.1 Å². The van der Waals surface area contributed by atoms with E-state index in [1.54, 1.807) is 6.21 Å². The van der Waals surface area contributed by atoms with Crippen LogP contribution in [0.1, 0.15) is 27.8 Å². The molecule has 0 aliphatic carbocycles. The lowest BCUT2D eigenvalue weighted by atomic mass is 9.94. The molecule has 7 nitrogen and oxygen atoms in total. The lowest BCUT2D eigenvalue weighted by molar-refractivity contribution is -0.474. The Morgan fingerprint density at radius 1 is 0.490 bits per heavy atom. The highest BCUT2D eigenvalue weighted by Crippen LogP contribution is 2.31. The van der Waals surface area contributed by atoms with E-state index in [4.69, 9.17) is 23.7 Å². The van der Waals surface area contributed by atoms with Crippen molar-refractivity contribution in [1.29, 1.82) is 0 Å². The number of nitrogens with zero attached hydrogens (tertiary/aromatic N) is 1. The quantitative estimate of drug-likeness (QED) is 0.0474. The van der Waals surface area contributed by atoms with Gasteiger partial charge in [-0.3, -0.25) is 0 Å². The summed E-state index contributed by atoms with van der Waals surface area (Å²) in [4.78, 5) is 0.